The first-order chi connectivity index (χ1) is 11.3. The molecule has 3 rings (SSSR count). The molecule has 0 amide bonds. The number of hydrogen-bond donors (Lipinski definition) is 0. The van der Waals surface area contributed by atoms with Crippen LogP contribution in [0.15, 0.2) is 35.2 Å². The summed E-state index contributed by atoms with van der Waals surface area (Å²) in [6.07, 6.45) is 0. The predicted octanol–water partition coefficient (Wildman–Crippen LogP) is 2.21. The maximum atomic E-state index is 8.77. The fraction of sp³-hybridized carbons (Fsp3) is 0.412. The zero-order valence-corrected chi connectivity index (χ0v) is 13.8. The van der Waals surface area contributed by atoms with E-state index in [1.165, 1.54) is 5.69 Å². The Morgan fingerprint density at radius 1 is 1.13 bits per heavy atom. The fourth-order valence-corrected chi connectivity index (χ4v) is 3.18. The molecule has 2 aromatic rings. The standard InChI is InChI=1S/C17H20N4OS/c18-11-15-1-3-17(4-2-15)22-10-9-20-5-7-21(8-6-20)12-16-13-23-14-19-16/h1-4,13-14H,5-10,12H2. The maximum Gasteiger partial charge on any atom is 0.119 e. The van der Waals surface area contributed by atoms with E-state index < -0.39 is 0 Å². The van der Waals surface area contributed by atoms with Crippen LogP contribution in [0.2, 0.25) is 0 Å². The summed E-state index contributed by atoms with van der Waals surface area (Å²) in [6.45, 7) is 6.87. The Hall–Kier alpha value is -1.94. The van der Waals surface area contributed by atoms with Crippen molar-refractivity contribution >= 4 is 11.3 Å². The van der Waals surface area contributed by atoms with Crippen molar-refractivity contribution in [2.24, 2.45) is 0 Å². The second kappa shape index (κ2) is 8.06. The third-order valence-corrected chi connectivity index (χ3v) is 4.63. The third kappa shape index (κ3) is 4.76. The molecule has 0 bridgehead atoms. The monoisotopic (exact) mass is 328 g/mol. The number of piperazine rings is 1. The van der Waals surface area contributed by atoms with Gasteiger partial charge in [-0.2, -0.15) is 5.26 Å². The Bertz CT molecular complexity index is 628. The van der Waals surface area contributed by atoms with Crippen molar-refractivity contribution in [3.05, 3.63) is 46.4 Å². The lowest BCUT2D eigenvalue weighted by molar-refractivity contribution is 0.112. The van der Waals surface area contributed by atoms with Gasteiger partial charge in [0.05, 0.1) is 22.8 Å². The van der Waals surface area contributed by atoms with E-state index in [2.05, 4.69) is 26.2 Å². The number of nitriles is 1. The van der Waals surface area contributed by atoms with Crippen LogP contribution in [0.5, 0.6) is 5.75 Å². The van der Waals surface area contributed by atoms with Crippen LogP contribution in [0.4, 0.5) is 0 Å². The minimum Gasteiger partial charge on any atom is -0.492 e. The zero-order valence-electron chi connectivity index (χ0n) is 13.0. The molecule has 0 saturated carbocycles. The molecule has 2 heterocycles. The largest absolute Gasteiger partial charge is 0.492 e. The molecule has 0 spiro atoms. The summed E-state index contributed by atoms with van der Waals surface area (Å²) in [4.78, 5) is 9.23. The lowest BCUT2D eigenvalue weighted by Crippen LogP contribution is -2.47. The number of hydrogen-bond acceptors (Lipinski definition) is 6. The molecule has 0 radical (unpaired) electrons. The highest BCUT2D eigenvalue weighted by atomic mass is 32.1. The van der Waals surface area contributed by atoms with Gasteiger partial charge in [-0.25, -0.2) is 4.98 Å². The van der Waals surface area contributed by atoms with Gasteiger partial charge in [0, 0.05) is 44.6 Å². The molecule has 0 aliphatic carbocycles. The molecule has 6 heteroatoms. The Labute approximate surface area is 140 Å². The van der Waals surface area contributed by atoms with Crippen LogP contribution in [0.25, 0.3) is 0 Å². The summed E-state index contributed by atoms with van der Waals surface area (Å²) >= 11 is 1.66. The van der Waals surface area contributed by atoms with Gasteiger partial charge in [0.1, 0.15) is 12.4 Å². The fourth-order valence-electron chi connectivity index (χ4n) is 2.63. The van der Waals surface area contributed by atoms with Gasteiger partial charge in [-0.1, -0.05) is 0 Å². The van der Waals surface area contributed by atoms with E-state index in [-0.39, 0.29) is 0 Å². The van der Waals surface area contributed by atoms with Crippen molar-refractivity contribution in [3.63, 3.8) is 0 Å². The lowest BCUT2D eigenvalue weighted by atomic mass is 10.2. The van der Waals surface area contributed by atoms with Gasteiger partial charge in [-0.15, -0.1) is 11.3 Å². The highest BCUT2D eigenvalue weighted by Crippen LogP contribution is 2.12. The highest BCUT2D eigenvalue weighted by molar-refractivity contribution is 7.07. The summed E-state index contributed by atoms with van der Waals surface area (Å²) in [5.74, 6) is 0.825. The molecule has 1 saturated heterocycles. The molecule has 1 aromatic heterocycles. The van der Waals surface area contributed by atoms with Crippen LogP contribution in [-0.2, 0) is 6.54 Å². The Morgan fingerprint density at radius 3 is 2.52 bits per heavy atom. The zero-order chi connectivity index (χ0) is 15.9. The molecule has 23 heavy (non-hydrogen) atoms. The predicted molar refractivity (Wildman–Crippen MR) is 90.5 cm³/mol. The molecule has 1 aromatic carbocycles. The van der Waals surface area contributed by atoms with E-state index in [0.29, 0.717) is 12.2 Å². The van der Waals surface area contributed by atoms with Crippen LogP contribution in [0.3, 0.4) is 0 Å². The number of nitrogens with zero attached hydrogens (tertiary/aromatic N) is 4. The smallest absolute Gasteiger partial charge is 0.119 e. The van der Waals surface area contributed by atoms with Gasteiger partial charge >= 0.3 is 0 Å². The number of rotatable bonds is 6. The van der Waals surface area contributed by atoms with E-state index in [9.17, 15) is 0 Å². The van der Waals surface area contributed by atoms with Crippen LogP contribution in [0.1, 0.15) is 11.3 Å². The second-order valence-electron chi connectivity index (χ2n) is 5.58. The van der Waals surface area contributed by atoms with Crippen molar-refractivity contribution in [3.8, 4) is 11.8 Å². The highest BCUT2D eigenvalue weighted by Gasteiger charge is 2.17. The Kier molecular flexibility index (Phi) is 5.59. The Morgan fingerprint density at radius 2 is 1.87 bits per heavy atom. The quantitative estimate of drug-likeness (QED) is 0.814. The lowest BCUT2D eigenvalue weighted by Gasteiger charge is -2.34. The average Bonchev–Trinajstić information content (AvgIpc) is 3.10. The summed E-state index contributed by atoms with van der Waals surface area (Å²) < 4.78 is 5.75. The van der Waals surface area contributed by atoms with Gasteiger partial charge in [0.25, 0.3) is 0 Å². The number of thiazole rings is 1. The summed E-state index contributed by atoms with van der Waals surface area (Å²) in [5, 5.41) is 10.9. The van der Waals surface area contributed by atoms with E-state index in [1.54, 1.807) is 23.5 Å². The van der Waals surface area contributed by atoms with Gasteiger partial charge in [0.15, 0.2) is 0 Å². The van der Waals surface area contributed by atoms with Crippen molar-refractivity contribution in [2.75, 3.05) is 39.3 Å². The van der Waals surface area contributed by atoms with E-state index in [0.717, 1.165) is 45.0 Å². The minimum atomic E-state index is 0.661. The van der Waals surface area contributed by atoms with Gasteiger partial charge < -0.3 is 4.74 Å². The van der Waals surface area contributed by atoms with Gasteiger partial charge in [-0.3, -0.25) is 9.80 Å². The SMILES string of the molecule is N#Cc1ccc(OCCN2CCN(Cc3cscn3)CC2)cc1. The van der Waals surface area contributed by atoms with E-state index >= 15 is 0 Å². The normalized spacial score (nSPS) is 16.1. The molecule has 5 nitrogen and oxygen atoms in total. The summed E-state index contributed by atoms with van der Waals surface area (Å²) in [6, 6.07) is 9.38. The van der Waals surface area contributed by atoms with Crippen LogP contribution in [-0.4, -0.2) is 54.1 Å². The average molecular weight is 328 g/mol. The molecule has 0 unspecified atom stereocenters. The minimum absolute atomic E-state index is 0.661. The molecule has 0 N–H and O–H groups in total. The number of aromatic nitrogens is 1. The second-order valence-corrected chi connectivity index (χ2v) is 6.30. The number of benzene rings is 1. The van der Waals surface area contributed by atoms with E-state index in [1.807, 2.05) is 17.6 Å². The van der Waals surface area contributed by atoms with Crippen molar-refractivity contribution in [1.29, 1.82) is 5.26 Å². The topological polar surface area (TPSA) is 52.4 Å². The summed E-state index contributed by atoms with van der Waals surface area (Å²) in [5.41, 5.74) is 3.73. The first-order valence-electron chi connectivity index (χ1n) is 7.78. The Balaban J connectivity index is 1.35. The molecule has 0 atom stereocenters. The van der Waals surface area contributed by atoms with Crippen molar-refractivity contribution in [2.45, 2.75) is 6.54 Å². The van der Waals surface area contributed by atoms with Crippen LogP contribution in [0, 0.1) is 11.3 Å². The third-order valence-electron chi connectivity index (χ3n) is 3.99. The molecule has 1 aliphatic heterocycles. The first kappa shape index (κ1) is 15.9. The molecule has 1 aliphatic rings. The first-order valence-corrected chi connectivity index (χ1v) is 8.72. The van der Waals surface area contributed by atoms with Gasteiger partial charge in [-0.05, 0) is 24.3 Å². The number of ether oxygens (including phenoxy) is 1. The van der Waals surface area contributed by atoms with Crippen molar-refractivity contribution in [1.82, 2.24) is 14.8 Å². The molecule has 120 valence electrons. The van der Waals surface area contributed by atoms with Crippen LogP contribution < -0.4 is 4.74 Å². The van der Waals surface area contributed by atoms with Gasteiger partial charge in [0.2, 0.25) is 0 Å². The summed E-state index contributed by atoms with van der Waals surface area (Å²) in [7, 11) is 0. The van der Waals surface area contributed by atoms with Crippen molar-refractivity contribution < 1.29 is 4.74 Å². The van der Waals surface area contributed by atoms with Crippen LogP contribution >= 0.6 is 11.3 Å². The van der Waals surface area contributed by atoms with E-state index in [4.69, 9.17) is 10.00 Å². The molecule has 1 fully saturated rings. The molecular weight excluding hydrogens is 308 g/mol. The molecular formula is C17H20N4OS. The maximum absolute atomic E-state index is 8.77.